The first-order chi connectivity index (χ1) is 16.1. The van der Waals surface area contributed by atoms with E-state index in [-0.39, 0.29) is 18.3 Å². The Bertz CT molecular complexity index is 880. The van der Waals surface area contributed by atoms with Crippen molar-refractivity contribution < 1.29 is 28.5 Å². The molecule has 2 aromatic carbocycles. The van der Waals surface area contributed by atoms with Crippen molar-refractivity contribution in [1.29, 1.82) is 0 Å². The van der Waals surface area contributed by atoms with E-state index >= 15 is 0 Å². The summed E-state index contributed by atoms with van der Waals surface area (Å²) in [6.07, 6.45) is -0.353. The fourth-order valence-electron chi connectivity index (χ4n) is 3.66. The third-order valence-corrected chi connectivity index (χ3v) is 11.6. The molecule has 0 spiro atoms. The molecule has 2 aromatic rings. The second-order valence-electron chi connectivity index (χ2n) is 10.4. The third kappa shape index (κ3) is 6.47. The second kappa shape index (κ2) is 11.3. The van der Waals surface area contributed by atoms with Crippen molar-refractivity contribution in [3.8, 4) is 5.75 Å². The van der Waals surface area contributed by atoms with Crippen LogP contribution >= 0.6 is 0 Å². The minimum absolute atomic E-state index is 0.118. The zero-order chi connectivity index (χ0) is 24.8. The maximum atomic E-state index is 10.5. The molecule has 3 rings (SSSR count). The molecule has 1 fully saturated rings. The smallest absolute Gasteiger partial charge is 0.191 e. The Hall–Kier alpha value is -1.74. The van der Waals surface area contributed by atoms with Crippen molar-refractivity contribution in [2.24, 2.45) is 0 Å². The van der Waals surface area contributed by atoms with Crippen LogP contribution in [-0.4, -0.2) is 52.1 Å². The average Bonchev–Trinajstić information content (AvgIpc) is 2.83. The summed E-state index contributed by atoms with van der Waals surface area (Å²) in [6, 6.07) is 17.6. The first kappa shape index (κ1) is 26.9. The first-order valence-corrected chi connectivity index (χ1v) is 14.8. The average molecular weight is 489 g/mol. The lowest BCUT2D eigenvalue weighted by Crippen LogP contribution is -2.57. The van der Waals surface area contributed by atoms with Crippen LogP contribution in [-0.2, 0) is 25.2 Å². The van der Waals surface area contributed by atoms with Gasteiger partial charge in [0.2, 0.25) is 0 Å². The standard InChI is InChI=1S/C27H40O6Si/c1-26(2,3)34(5,6)32-17-16-24-27(19-28,31-18-21-10-8-7-9-11-21)20-30-25(33-24)22-12-14-23(29-4)15-13-22/h7-15,24-25,28H,16-20H2,1-6H3/t24-,25+,27+/m1/s1. The molecular weight excluding hydrogens is 448 g/mol. The largest absolute Gasteiger partial charge is 0.497 e. The van der Waals surface area contributed by atoms with Gasteiger partial charge in [0, 0.05) is 12.2 Å². The molecule has 0 radical (unpaired) electrons. The van der Waals surface area contributed by atoms with E-state index < -0.39 is 26.3 Å². The predicted octanol–water partition coefficient (Wildman–Crippen LogP) is 5.47. The number of benzene rings is 2. The highest BCUT2D eigenvalue weighted by atomic mass is 28.4. The van der Waals surface area contributed by atoms with Gasteiger partial charge in [0.15, 0.2) is 14.6 Å². The molecule has 0 aliphatic carbocycles. The van der Waals surface area contributed by atoms with Gasteiger partial charge in [-0.05, 0) is 42.2 Å². The molecule has 6 nitrogen and oxygen atoms in total. The molecule has 0 unspecified atom stereocenters. The summed E-state index contributed by atoms with van der Waals surface area (Å²) in [5.74, 6) is 0.773. The van der Waals surface area contributed by atoms with Gasteiger partial charge in [-0.1, -0.05) is 63.2 Å². The van der Waals surface area contributed by atoms with Crippen molar-refractivity contribution in [2.75, 3.05) is 26.9 Å². The van der Waals surface area contributed by atoms with E-state index in [1.54, 1.807) is 7.11 Å². The van der Waals surface area contributed by atoms with E-state index in [4.69, 9.17) is 23.4 Å². The summed E-state index contributed by atoms with van der Waals surface area (Å²) in [4.78, 5) is 0. The highest BCUT2D eigenvalue weighted by molar-refractivity contribution is 6.74. The summed E-state index contributed by atoms with van der Waals surface area (Å²) in [6.45, 7) is 12.1. The molecule has 1 aliphatic rings. The SMILES string of the molecule is COc1ccc([C@H]2OC[C@](CO)(OCc3ccccc3)[C@@H](CCO[Si](C)(C)C(C)(C)C)O2)cc1. The van der Waals surface area contributed by atoms with Crippen LogP contribution in [0.15, 0.2) is 54.6 Å². The lowest BCUT2D eigenvalue weighted by molar-refractivity contribution is -0.316. The number of aliphatic hydroxyl groups is 1. The van der Waals surface area contributed by atoms with Gasteiger partial charge >= 0.3 is 0 Å². The fourth-order valence-corrected chi connectivity index (χ4v) is 4.72. The van der Waals surface area contributed by atoms with Crippen LogP contribution < -0.4 is 4.74 Å². The van der Waals surface area contributed by atoms with E-state index in [1.165, 1.54) is 0 Å². The number of hydrogen-bond acceptors (Lipinski definition) is 6. The third-order valence-electron chi connectivity index (χ3n) is 7.03. The van der Waals surface area contributed by atoms with Crippen molar-refractivity contribution in [2.45, 2.75) is 69.9 Å². The quantitative estimate of drug-likeness (QED) is 0.448. The Morgan fingerprint density at radius 1 is 1.06 bits per heavy atom. The molecule has 1 aliphatic heterocycles. The Morgan fingerprint density at radius 2 is 1.74 bits per heavy atom. The van der Waals surface area contributed by atoms with Gasteiger partial charge in [-0.3, -0.25) is 0 Å². The van der Waals surface area contributed by atoms with Crippen LogP contribution in [0.25, 0.3) is 0 Å². The molecule has 1 saturated heterocycles. The van der Waals surface area contributed by atoms with Crippen LogP contribution in [0.2, 0.25) is 18.1 Å². The van der Waals surface area contributed by atoms with E-state index in [2.05, 4.69) is 33.9 Å². The van der Waals surface area contributed by atoms with E-state index in [0.717, 1.165) is 16.9 Å². The molecule has 1 N–H and O–H groups in total. The molecule has 188 valence electrons. The highest BCUT2D eigenvalue weighted by Crippen LogP contribution is 2.39. The number of rotatable bonds is 10. The lowest BCUT2D eigenvalue weighted by atomic mass is 9.94. The Labute approximate surface area is 205 Å². The highest BCUT2D eigenvalue weighted by Gasteiger charge is 2.47. The minimum atomic E-state index is -1.91. The topological polar surface area (TPSA) is 66.4 Å². The summed E-state index contributed by atoms with van der Waals surface area (Å²) in [7, 11) is -0.273. The molecular formula is C27H40O6Si. The molecule has 1 heterocycles. The zero-order valence-electron chi connectivity index (χ0n) is 21.4. The summed E-state index contributed by atoms with van der Waals surface area (Å²) >= 11 is 0. The number of methoxy groups -OCH3 is 1. The predicted molar refractivity (Wildman–Crippen MR) is 135 cm³/mol. The van der Waals surface area contributed by atoms with Crippen molar-refractivity contribution in [3.05, 3.63) is 65.7 Å². The molecule has 0 amide bonds. The first-order valence-electron chi connectivity index (χ1n) is 11.9. The maximum absolute atomic E-state index is 10.5. The number of ether oxygens (including phenoxy) is 4. The fraction of sp³-hybridized carbons (Fsp3) is 0.556. The Balaban J connectivity index is 1.76. The van der Waals surface area contributed by atoms with Crippen LogP contribution in [0.1, 0.15) is 44.6 Å². The van der Waals surface area contributed by atoms with E-state index in [1.807, 2.05) is 54.6 Å². The Kier molecular flexibility index (Phi) is 8.95. The van der Waals surface area contributed by atoms with Crippen LogP contribution in [0, 0.1) is 0 Å². The number of hydrogen-bond donors (Lipinski definition) is 1. The van der Waals surface area contributed by atoms with Gasteiger partial charge in [-0.15, -0.1) is 0 Å². The van der Waals surface area contributed by atoms with Crippen LogP contribution in [0.3, 0.4) is 0 Å². The molecule has 0 bridgehead atoms. The van der Waals surface area contributed by atoms with Crippen molar-refractivity contribution in [1.82, 2.24) is 0 Å². The summed E-state index contributed by atoms with van der Waals surface area (Å²) < 4.78 is 30.5. The zero-order valence-corrected chi connectivity index (χ0v) is 22.4. The molecule has 7 heteroatoms. The molecule has 3 atom stereocenters. The van der Waals surface area contributed by atoms with Gasteiger partial charge in [0.25, 0.3) is 0 Å². The second-order valence-corrected chi connectivity index (χ2v) is 15.2. The van der Waals surface area contributed by atoms with Gasteiger partial charge in [0.1, 0.15) is 11.4 Å². The van der Waals surface area contributed by atoms with E-state index in [9.17, 15) is 5.11 Å². The maximum Gasteiger partial charge on any atom is 0.191 e. The van der Waals surface area contributed by atoms with Crippen molar-refractivity contribution >= 4 is 8.32 Å². The van der Waals surface area contributed by atoms with E-state index in [0.29, 0.717) is 19.6 Å². The normalized spacial score (nSPS) is 23.6. The monoisotopic (exact) mass is 488 g/mol. The molecule has 34 heavy (non-hydrogen) atoms. The van der Waals surface area contributed by atoms with Gasteiger partial charge in [-0.2, -0.15) is 0 Å². The Morgan fingerprint density at radius 3 is 2.32 bits per heavy atom. The summed E-state index contributed by atoms with van der Waals surface area (Å²) in [5, 5.41) is 10.6. The van der Waals surface area contributed by atoms with Crippen LogP contribution in [0.5, 0.6) is 5.75 Å². The summed E-state index contributed by atoms with van der Waals surface area (Å²) in [5.41, 5.74) is 0.949. The van der Waals surface area contributed by atoms with Gasteiger partial charge in [0.05, 0.1) is 33.0 Å². The lowest BCUT2D eigenvalue weighted by Gasteiger charge is -2.45. The van der Waals surface area contributed by atoms with Gasteiger partial charge < -0.3 is 28.5 Å². The molecule has 0 aromatic heterocycles. The number of aliphatic hydroxyl groups excluding tert-OH is 1. The van der Waals surface area contributed by atoms with Gasteiger partial charge in [-0.25, -0.2) is 0 Å². The van der Waals surface area contributed by atoms with Crippen LogP contribution in [0.4, 0.5) is 0 Å². The van der Waals surface area contributed by atoms with Crippen molar-refractivity contribution in [3.63, 3.8) is 0 Å². The minimum Gasteiger partial charge on any atom is -0.497 e. The molecule has 0 saturated carbocycles.